The number of aliphatic hydroxyl groups excluding tert-OH is 1. The van der Waals surface area contributed by atoms with Gasteiger partial charge in [-0.1, -0.05) is 0 Å². The standard InChI is InChI=1S/C12H21NO5/c1-12(2,3)18-11(17)13-9-5-4-7(14)6-8(9)10(15)16/h7-9,14H,4-6H2,1-3H3,(H,13,17)(H,15,16)/t7?,8-,9-/m0/s1. The van der Waals surface area contributed by atoms with Crippen molar-refractivity contribution in [1.29, 1.82) is 0 Å². The predicted molar refractivity (Wildman–Crippen MR) is 64.1 cm³/mol. The molecular weight excluding hydrogens is 238 g/mol. The number of aliphatic carboxylic acids is 1. The number of hydrogen-bond acceptors (Lipinski definition) is 4. The van der Waals surface area contributed by atoms with E-state index in [1.165, 1.54) is 0 Å². The smallest absolute Gasteiger partial charge is 0.407 e. The number of aliphatic hydroxyl groups is 1. The Morgan fingerprint density at radius 3 is 2.39 bits per heavy atom. The molecule has 1 amide bonds. The summed E-state index contributed by atoms with van der Waals surface area (Å²) in [7, 11) is 0. The zero-order chi connectivity index (χ0) is 13.9. The molecule has 1 fully saturated rings. The van der Waals surface area contributed by atoms with Gasteiger partial charge in [0.15, 0.2) is 0 Å². The number of carboxylic acid groups (broad SMARTS) is 1. The molecule has 0 saturated heterocycles. The second kappa shape index (κ2) is 5.56. The van der Waals surface area contributed by atoms with Gasteiger partial charge in [0.1, 0.15) is 5.60 Å². The first-order chi connectivity index (χ1) is 8.19. The third kappa shape index (κ3) is 4.52. The molecule has 3 atom stereocenters. The van der Waals surface area contributed by atoms with E-state index in [1.807, 2.05) is 0 Å². The zero-order valence-electron chi connectivity index (χ0n) is 11.0. The first-order valence-corrected chi connectivity index (χ1v) is 6.09. The van der Waals surface area contributed by atoms with Crippen molar-refractivity contribution in [2.24, 2.45) is 5.92 Å². The minimum atomic E-state index is -1.00. The third-order valence-corrected chi connectivity index (χ3v) is 2.84. The van der Waals surface area contributed by atoms with Crippen LogP contribution in [0, 0.1) is 5.92 Å². The predicted octanol–water partition coefficient (Wildman–Crippen LogP) is 1.13. The van der Waals surface area contributed by atoms with Crippen molar-refractivity contribution in [3.05, 3.63) is 0 Å². The molecule has 6 heteroatoms. The lowest BCUT2D eigenvalue weighted by atomic mass is 9.83. The lowest BCUT2D eigenvalue weighted by molar-refractivity contribution is -0.145. The quantitative estimate of drug-likeness (QED) is 0.690. The average molecular weight is 259 g/mol. The molecule has 0 aromatic carbocycles. The highest BCUT2D eigenvalue weighted by Gasteiger charge is 2.36. The molecule has 0 aliphatic heterocycles. The van der Waals surface area contributed by atoms with Crippen LogP contribution in [0.1, 0.15) is 40.0 Å². The summed E-state index contributed by atoms with van der Waals surface area (Å²) in [5.41, 5.74) is -0.614. The van der Waals surface area contributed by atoms with Crippen LogP contribution in [0.25, 0.3) is 0 Å². The molecule has 1 rings (SSSR count). The molecule has 18 heavy (non-hydrogen) atoms. The second-order valence-electron chi connectivity index (χ2n) is 5.66. The van der Waals surface area contributed by atoms with E-state index in [0.29, 0.717) is 12.8 Å². The van der Waals surface area contributed by atoms with Gasteiger partial charge in [0, 0.05) is 6.04 Å². The van der Waals surface area contributed by atoms with Crippen LogP contribution in [0.3, 0.4) is 0 Å². The van der Waals surface area contributed by atoms with Crippen molar-refractivity contribution in [1.82, 2.24) is 5.32 Å². The van der Waals surface area contributed by atoms with Gasteiger partial charge in [-0.2, -0.15) is 0 Å². The fourth-order valence-corrected chi connectivity index (χ4v) is 2.05. The van der Waals surface area contributed by atoms with E-state index < -0.39 is 35.7 Å². The average Bonchev–Trinajstić information content (AvgIpc) is 2.17. The molecule has 3 N–H and O–H groups in total. The fraction of sp³-hybridized carbons (Fsp3) is 0.833. The highest BCUT2D eigenvalue weighted by molar-refractivity contribution is 5.74. The molecule has 6 nitrogen and oxygen atoms in total. The van der Waals surface area contributed by atoms with Crippen LogP contribution in [-0.4, -0.2) is 40.0 Å². The number of carbonyl (C=O) groups excluding carboxylic acids is 1. The Labute approximate surface area is 106 Å². The van der Waals surface area contributed by atoms with Crippen LogP contribution in [0.5, 0.6) is 0 Å². The van der Waals surface area contributed by atoms with Crippen LogP contribution >= 0.6 is 0 Å². The van der Waals surface area contributed by atoms with E-state index in [4.69, 9.17) is 9.84 Å². The molecule has 1 aliphatic rings. The fourth-order valence-electron chi connectivity index (χ4n) is 2.05. The largest absolute Gasteiger partial charge is 0.481 e. The first kappa shape index (κ1) is 14.8. The van der Waals surface area contributed by atoms with E-state index in [9.17, 15) is 14.7 Å². The molecule has 0 aromatic heterocycles. The number of hydrogen-bond donors (Lipinski definition) is 3. The Morgan fingerprint density at radius 1 is 1.28 bits per heavy atom. The molecule has 0 aromatic rings. The van der Waals surface area contributed by atoms with Crippen molar-refractivity contribution in [2.45, 2.75) is 57.8 Å². The summed E-state index contributed by atoms with van der Waals surface area (Å²) in [4.78, 5) is 22.7. The van der Waals surface area contributed by atoms with E-state index in [-0.39, 0.29) is 6.42 Å². The summed E-state index contributed by atoms with van der Waals surface area (Å²) in [5, 5.41) is 21.1. The van der Waals surface area contributed by atoms with Crippen LogP contribution in [0.15, 0.2) is 0 Å². The number of carboxylic acids is 1. The molecule has 1 aliphatic carbocycles. The Morgan fingerprint density at radius 2 is 1.89 bits per heavy atom. The lowest BCUT2D eigenvalue weighted by Crippen LogP contribution is -2.49. The Balaban J connectivity index is 2.59. The van der Waals surface area contributed by atoms with Crippen molar-refractivity contribution < 1.29 is 24.5 Å². The van der Waals surface area contributed by atoms with E-state index >= 15 is 0 Å². The van der Waals surface area contributed by atoms with Gasteiger partial charge < -0.3 is 20.3 Å². The summed E-state index contributed by atoms with van der Waals surface area (Å²) < 4.78 is 5.09. The van der Waals surface area contributed by atoms with Crippen molar-refractivity contribution in [2.75, 3.05) is 0 Å². The van der Waals surface area contributed by atoms with Gasteiger partial charge in [0.25, 0.3) is 0 Å². The second-order valence-corrected chi connectivity index (χ2v) is 5.66. The molecule has 0 radical (unpaired) electrons. The van der Waals surface area contributed by atoms with Crippen LogP contribution in [-0.2, 0) is 9.53 Å². The highest BCUT2D eigenvalue weighted by Crippen LogP contribution is 2.25. The molecule has 0 spiro atoms. The number of rotatable bonds is 2. The Bertz CT molecular complexity index is 323. The topological polar surface area (TPSA) is 95.9 Å². The monoisotopic (exact) mass is 259 g/mol. The summed E-state index contributed by atoms with van der Waals surface area (Å²) in [6, 6.07) is -0.485. The molecule has 0 bridgehead atoms. The molecule has 104 valence electrons. The number of alkyl carbamates (subject to hydrolysis) is 1. The number of nitrogens with one attached hydrogen (secondary N) is 1. The molecule has 0 heterocycles. The molecule has 1 saturated carbocycles. The van der Waals surface area contributed by atoms with E-state index in [0.717, 1.165) is 0 Å². The minimum absolute atomic E-state index is 0.162. The SMILES string of the molecule is CC(C)(C)OC(=O)N[C@H]1CCC(O)C[C@@H]1C(=O)O. The van der Waals surface area contributed by atoms with E-state index in [1.54, 1.807) is 20.8 Å². The third-order valence-electron chi connectivity index (χ3n) is 2.84. The normalized spacial score (nSPS) is 28.6. The Hall–Kier alpha value is -1.30. The maximum absolute atomic E-state index is 11.6. The van der Waals surface area contributed by atoms with Crippen molar-refractivity contribution in [3.63, 3.8) is 0 Å². The van der Waals surface area contributed by atoms with Crippen molar-refractivity contribution in [3.8, 4) is 0 Å². The first-order valence-electron chi connectivity index (χ1n) is 6.09. The maximum Gasteiger partial charge on any atom is 0.407 e. The lowest BCUT2D eigenvalue weighted by Gasteiger charge is -2.32. The molecular formula is C12H21NO5. The minimum Gasteiger partial charge on any atom is -0.481 e. The van der Waals surface area contributed by atoms with E-state index in [2.05, 4.69) is 5.32 Å². The zero-order valence-corrected chi connectivity index (χ0v) is 11.0. The summed E-state index contributed by atoms with van der Waals surface area (Å²) in [6.45, 7) is 5.23. The van der Waals surface area contributed by atoms with Gasteiger partial charge in [-0.05, 0) is 40.0 Å². The van der Waals surface area contributed by atoms with Gasteiger partial charge in [-0.25, -0.2) is 4.79 Å². The van der Waals surface area contributed by atoms with Gasteiger partial charge in [-0.3, -0.25) is 4.79 Å². The van der Waals surface area contributed by atoms with Gasteiger partial charge >= 0.3 is 12.1 Å². The maximum atomic E-state index is 11.6. The van der Waals surface area contributed by atoms with Crippen molar-refractivity contribution >= 4 is 12.1 Å². The summed E-state index contributed by atoms with van der Waals surface area (Å²) in [5.74, 6) is -1.77. The van der Waals surface area contributed by atoms with Gasteiger partial charge in [0.2, 0.25) is 0 Å². The number of ether oxygens (including phenoxy) is 1. The van der Waals surface area contributed by atoms with Crippen LogP contribution < -0.4 is 5.32 Å². The van der Waals surface area contributed by atoms with Crippen LogP contribution in [0.2, 0.25) is 0 Å². The molecule has 1 unspecified atom stereocenters. The van der Waals surface area contributed by atoms with Gasteiger partial charge in [-0.15, -0.1) is 0 Å². The summed E-state index contributed by atoms with van der Waals surface area (Å²) >= 11 is 0. The highest BCUT2D eigenvalue weighted by atomic mass is 16.6. The van der Waals surface area contributed by atoms with Crippen LogP contribution in [0.4, 0.5) is 4.79 Å². The van der Waals surface area contributed by atoms with Gasteiger partial charge in [0.05, 0.1) is 12.0 Å². The number of carbonyl (C=O) groups is 2. The Kier molecular flexibility index (Phi) is 4.56. The number of amides is 1. The summed E-state index contributed by atoms with van der Waals surface area (Å²) in [6.07, 6.45) is -0.129.